The highest BCUT2D eigenvalue weighted by atomic mass is 35.5. The molecule has 2 N–H and O–H groups in total. The molecule has 1 heterocycles. The molecule has 2 atom stereocenters. The number of ether oxygens (including phenoxy) is 1. The van der Waals surface area contributed by atoms with Crippen LogP contribution in [-0.4, -0.2) is 19.1 Å². The summed E-state index contributed by atoms with van der Waals surface area (Å²) >= 11 is 12.3. The molecule has 0 aliphatic carbocycles. The van der Waals surface area contributed by atoms with Crippen molar-refractivity contribution in [2.45, 2.75) is 31.1 Å². The normalized spacial score (nSPS) is 13.2. The van der Waals surface area contributed by atoms with Gasteiger partial charge in [0.25, 0.3) is 0 Å². The second kappa shape index (κ2) is 11.8. The number of alkyl halides is 3. The highest BCUT2D eigenvalue weighted by Gasteiger charge is 2.32. The number of hydrogen-bond acceptors (Lipinski definition) is 4. The first-order chi connectivity index (χ1) is 16.6. The molecule has 0 radical (unpaired) electrons. The van der Waals surface area contributed by atoms with Gasteiger partial charge in [-0.15, -0.1) is 0 Å². The Hall–Kier alpha value is -2.74. The van der Waals surface area contributed by atoms with Crippen LogP contribution in [0.15, 0.2) is 73.1 Å². The van der Waals surface area contributed by atoms with E-state index in [0.717, 1.165) is 22.9 Å². The number of hydrogen-bond donors (Lipinski definition) is 2. The first kappa shape index (κ1) is 26.9. The predicted octanol–water partition coefficient (Wildman–Crippen LogP) is 7.15. The summed E-state index contributed by atoms with van der Waals surface area (Å²) in [5, 5.41) is 7.84. The number of nitrogens with zero attached hydrogens (tertiary/aromatic N) is 1. The van der Waals surface area contributed by atoms with Gasteiger partial charge in [0.2, 0.25) is 0 Å². The minimum Gasteiger partial charge on any atom is -0.495 e. The molecule has 0 bridgehead atoms. The third-order valence-electron chi connectivity index (χ3n) is 5.66. The number of benzene rings is 2. The van der Waals surface area contributed by atoms with Gasteiger partial charge < -0.3 is 10.1 Å². The Balaban J connectivity index is 1.91. The number of aryl methyl sites for hydroxylation is 1. The summed E-state index contributed by atoms with van der Waals surface area (Å²) in [7, 11) is 3.34. The van der Waals surface area contributed by atoms with Gasteiger partial charge in [0.05, 0.1) is 18.2 Å². The molecule has 0 aliphatic heterocycles. The molecule has 0 spiro atoms. The van der Waals surface area contributed by atoms with Gasteiger partial charge in [-0.2, -0.15) is 13.2 Å². The predicted molar refractivity (Wildman–Crippen MR) is 134 cm³/mol. The van der Waals surface area contributed by atoms with Crippen LogP contribution in [0.4, 0.5) is 13.2 Å². The Morgan fingerprint density at radius 2 is 1.74 bits per heavy atom. The average molecular weight is 524 g/mol. The zero-order chi connectivity index (χ0) is 25.6. The molecule has 0 unspecified atom stereocenters. The van der Waals surface area contributed by atoms with Gasteiger partial charge >= 0.3 is 6.18 Å². The fourth-order valence-corrected chi connectivity index (χ4v) is 4.01. The van der Waals surface area contributed by atoms with Gasteiger partial charge in [-0.25, -0.2) is 0 Å². The van der Waals surface area contributed by atoms with Crippen molar-refractivity contribution in [1.82, 2.24) is 15.6 Å². The smallest absolute Gasteiger partial charge is 0.433 e. The molecule has 0 saturated carbocycles. The fourth-order valence-electron chi connectivity index (χ4n) is 3.69. The van der Waals surface area contributed by atoms with E-state index in [1.54, 1.807) is 20.2 Å². The lowest BCUT2D eigenvalue weighted by Crippen LogP contribution is -2.31. The minimum absolute atomic E-state index is 0.214. The van der Waals surface area contributed by atoms with E-state index in [1.807, 2.05) is 36.4 Å². The van der Waals surface area contributed by atoms with E-state index in [1.165, 1.54) is 12.3 Å². The lowest BCUT2D eigenvalue weighted by Gasteiger charge is -2.28. The molecule has 4 nitrogen and oxygen atoms in total. The van der Waals surface area contributed by atoms with E-state index in [9.17, 15) is 13.2 Å². The standard InChI is InChI=1S/C26H26Cl2F3N3O/c1-16(32-2)25(18-6-9-20(27)10-7-18)34-22(19-8-11-21(28)23(14-19)35-3)12-4-17-5-13-24(33-15-17)26(29,30)31/h5-11,13-15,22,25,32,34H,1,4,12H2,2-3H3/t22-,25-/m0/s1. The largest absolute Gasteiger partial charge is 0.495 e. The van der Waals surface area contributed by atoms with Crippen molar-refractivity contribution in [3.63, 3.8) is 0 Å². The third-order valence-corrected chi connectivity index (χ3v) is 6.22. The van der Waals surface area contributed by atoms with E-state index >= 15 is 0 Å². The summed E-state index contributed by atoms with van der Waals surface area (Å²) in [5.74, 6) is 0.530. The first-order valence-electron chi connectivity index (χ1n) is 10.9. The van der Waals surface area contributed by atoms with Gasteiger partial charge in [-0.3, -0.25) is 10.3 Å². The summed E-state index contributed by atoms with van der Waals surface area (Å²) in [6, 6.07) is 14.9. The van der Waals surface area contributed by atoms with Crippen LogP contribution < -0.4 is 15.4 Å². The van der Waals surface area contributed by atoms with E-state index in [2.05, 4.69) is 22.2 Å². The molecule has 0 saturated heterocycles. The summed E-state index contributed by atoms with van der Waals surface area (Å²) < 4.78 is 44.0. The van der Waals surface area contributed by atoms with Crippen LogP contribution in [-0.2, 0) is 12.6 Å². The SMILES string of the molecule is C=C(NC)[C@H](N[C@@H](CCc1ccc(C(F)(F)F)nc1)c1ccc(Cl)c(OC)c1)c1ccc(Cl)cc1. The second-order valence-corrected chi connectivity index (χ2v) is 8.80. The molecule has 0 amide bonds. The van der Waals surface area contributed by atoms with E-state index < -0.39 is 11.9 Å². The zero-order valence-corrected chi connectivity index (χ0v) is 20.8. The maximum Gasteiger partial charge on any atom is 0.433 e. The number of nitrogens with one attached hydrogen (secondary N) is 2. The van der Waals surface area contributed by atoms with Crippen LogP contribution in [0.3, 0.4) is 0 Å². The van der Waals surface area contributed by atoms with Crippen molar-refractivity contribution in [3.8, 4) is 5.75 Å². The molecule has 3 aromatic rings. The lowest BCUT2D eigenvalue weighted by atomic mass is 9.96. The number of rotatable bonds is 10. The van der Waals surface area contributed by atoms with Crippen LogP contribution in [0.2, 0.25) is 10.0 Å². The Kier molecular flexibility index (Phi) is 9.05. The topological polar surface area (TPSA) is 46.2 Å². The monoisotopic (exact) mass is 523 g/mol. The average Bonchev–Trinajstić information content (AvgIpc) is 2.84. The number of methoxy groups -OCH3 is 1. The molecule has 3 rings (SSSR count). The van der Waals surface area contributed by atoms with Crippen molar-refractivity contribution in [3.05, 3.63) is 105 Å². The maximum atomic E-state index is 12.9. The van der Waals surface area contributed by atoms with Gasteiger partial charge in [-0.05, 0) is 59.9 Å². The van der Waals surface area contributed by atoms with Crippen LogP contribution in [0.25, 0.3) is 0 Å². The summed E-state index contributed by atoms with van der Waals surface area (Å²) in [6.45, 7) is 4.15. The minimum atomic E-state index is -4.47. The van der Waals surface area contributed by atoms with Crippen LogP contribution in [0, 0.1) is 0 Å². The quantitative estimate of drug-likeness (QED) is 0.296. The van der Waals surface area contributed by atoms with E-state index in [0.29, 0.717) is 34.2 Å². The molecule has 1 aromatic heterocycles. The van der Waals surface area contributed by atoms with Crippen molar-refractivity contribution in [2.75, 3.05) is 14.2 Å². The Bertz CT molecular complexity index is 1140. The molecule has 0 fully saturated rings. The molecule has 35 heavy (non-hydrogen) atoms. The number of pyridine rings is 1. The second-order valence-electron chi connectivity index (χ2n) is 7.96. The zero-order valence-electron chi connectivity index (χ0n) is 19.3. The molecular formula is C26H26Cl2F3N3O. The summed E-state index contributed by atoms with van der Waals surface area (Å²) in [6.07, 6.45) is -2.14. The molecular weight excluding hydrogens is 498 g/mol. The Morgan fingerprint density at radius 3 is 2.31 bits per heavy atom. The molecule has 2 aromatic carbocycles. The Labute approximate surface area is 213 Å². The van der Waals surface area contributed by atoms with Crippen LogP contribution in [0.5, 0.6) is 5.75 Å². The highest BCUT2D eigenvalue weighted by molar-refractivity contribution is 6.32. The van der Waals surface area contributed by atoms with Gasteiger partial charge in [0, 0.05) is 30.0 Å². The number of halogens is 5. The molecule has 0 aliphatic rings. The summed E-state index contributed by atoms with van der Waals surface area (Å²) in [4.78, 5) is 3.58. The van der Waals surface area contributed by atoms with Gasteiger partial charge in [0.15, 0.2) is 0 Å². The van der Waals surface area contributed by atoms with Crippen molar-refractivity contribution < 1.29 is 17.9 Å². The van der Waals surface area contributed by atoms with Crippen molar-refractivity contribution >= 4 is 23.2 Å². The van der Waals surface area contributed by atoms with E-state index in [4.69, 9.17) is 27.9 Å². The Morgan fingerprint density at radius 1 is 1.06 bits per heavy atom. The van der Waals surface area contributed by atoms with Crippen LogP contribution >= 0.6 is 23.2 Å². The van der Waals surface area contributed by atoms with Gasteiger partial charge in [0.1, 0.15) is 11.4 Å². The molecule has 186 valence electrons. The highest BCUT2D eigenvalue weighted by Crippen LogP contribution is 2.33. The van der Waals surface area contributed by atoms with Crippen LogP contribution in [0.1, 0.15) is 40.9 Å². The lowest BCUT2D eigenvalue weighted by molar-refractivity contribution is -0.141. The van der Waals surface area contributed by atoms with Crippen molar-refractivity contribution in [1.29, 1.82) is 0 Å². The van der Waals surface area contributed by atoms with Gasteiger partial charge in [-0.1, -0.05) is 54.0 Å². The molecule has 9 heteroatoms. The summed E-state index contributed by atoms with van der Waals surface area (Å²) in [5.41, 5.74) is 2.40. The number of aromatic nitrogens is 1. The maximum absolute atomic E-state index is 12.9. The fraction of sp³-hybridized carbons (Fsp3) is 0.269. The van der Waals surface area contributed by atoms with E-state index in [-0.39, 0.29) is 12.1 Å². The number of likely N-dealkylation sites (N-methyl/N-ethyl adjacent to an activating group) is 1. The first-order valence-corrected chi connectivity index (χ1v) is 11.6. The van der Waals surface area contributed by atoms with Crippen molar-refractivity contribution in [2.24, 2.45) is 0 Å². The third kappa shape index (κ3) is 7.13.